The minimum atomic E-state index is -0.0279. The summed E-state index contributed by atoms with van der Waals surface area (Å²) in [7, 11) is 0. The van der Waals surface area contributed by atoms with E-state index in [9.17, 15) is 4.79 Å². The van der Waals surface area contributed by atoms with E-state index in [4.69, 9.17) is 15.2 Å². The third kappa shape index (κ3) is 3.79. The van der Waals surface area contributed by atoms with E-state index in [0.717, 1.165) is 12.8 Å². The van der Waals surface area contributed by atoms with E-state index in [-0.39, 0.29) is 18.1 Å². The molecule has 5 heteroatoms. The number of nitrogens with one attached hydrogen (secondary N) is 1. The minimum absolute atomic E-state index is 0.0279. The fraction of sp³-hybridized carbons (Fsp3) is 0.533. The van der Waals surface area contributed by atoms with Crippen LogP contribution in [0.3, 0.4) is 0 Å². The molecule has 1 aliphatic rings. The van der Waals surface area contributed by atoms with Crippen molar-refractivity contribution < 1.29 is 14.3 Å². The third-order valence-electron chi connectivity index (χ3n) is 3.15. The summed E-state index contributed by atoms with van der Waals surface area (Å²) in [5.41, 5.74) is 7.20. The zero-order valence-corrected chi connectivity index (χ0v) is 12.3. The maximum atomic E-state index is 11.9. The minimum Gasteiger partial charge on any atom is -0.454 e. The predicted octanol–water partition coefficient (Wildman–Crippen LogP) is 3.15. The maximum absolute atomic E-state index is 11.9. The van der Waals surface area contributed by atoms with Gasteiger partial charge in [-0.2, -0.15) is 0 Å². The van der Waals surface area contributed by atoms with Gasteiger partial charge in [0.15, 0.2) is 11.5 Å². The van der Waals surface area contributed by atoms with E-state index >= 15 is 0 Å². The SMILES string of the molecule is CC(C)(C)CCCC(=O)Nc1cc2c(cc1N)OCO2. The molecule has 0 atom stereocenters. The Balaban J connectivity index is 1.91. The van der Waals surface area contributed by atoms with Gasteiger partial charge in [-0.3, -0.25) is 4.79 Å². The van der Waals surface area contributed by atoms with Gasteiger partial charge in [0.2, 0.25) is 12.7 Å². The molecule has 0 bridgehead atoms. The van der Waals surface area contributed by atoms with E-state index in [0.29, 0.717) is 29.3 Å². The van der Waals surface area contributed by atoms with E-state index in [1.54, 1.807) is 12.1 Å². The van der Waals surface area contributed by atoms with Crippen LogP contribution in [0.5, 0.6) is 11.5 Å². The molecule has 0 radical (unpaired) electrons. The van der Waals surface area contributed by atoms with Crippen LogP contribution in [0.2, 0.25) is 0 Å². The van der Waals surface area contributed by atoms with E-state index in [1.807, 2.05) is 0 Å². The van der Waals surface area contributed by atoms with E-state index < -0.39 is 0 Å². The Labute approximate surface area is 119 Å². The second-order valence-electron chi connectivity index (χ2n) is 6.26. The van der Waals surface area contributed by atoms with Crippen molar-refractivity contribution in [2.75, 3.05) is 17.8 Å². The van der Waals surface area contributed by atoms with Gasteiger partial charge in [-0.15, -0.1) is 0 Å². The molecule has 3 N–H and O–H groups in total. The van der Waals surface area contributed by atoms with Crippen molar-refractivity contribution in [3.8, 4) is 11.5 Å². The molecule has 110 valence electrons. The van der Waals surface area contributed by atoms with Gasteiger partial charge in [-0.25, -0.2) is 0 Å². The quantitative estimate of drug-likeness (QED) is 0.830. The monoisotopic (exact) mass is 278 g/mol. The Morgan fingerprint density at radius 2 is 1.95 bits per heavy atom. The lowest BCUT2D eigenvalue weighted by atomic mass is 9.90. The molecule has 2 rings (SSSR count). The van der Waals surface area contributed by atoms with Gasteiger partial charge in [-0.05, 0) is 18.3 Å². The molecule has 0 aliphatic carbocycles. The van der Waals surface area contributed by atoms with Gasteiger partial charge in [0.1, 0.15) is 0 Å². The van der Waals surface area contributed by atoms with Gasteiger partial charge >= 0.3 is 0 Å². The van der Waals surface area contributed by atoms with Crippen LogP contribution < -0.4 is 20.5 Å². The van der Waals surface area contributed by atoms with Crippen molar-refractivity contribution in [2.24, 2.45) is 5.41 Å². The number of carbonyl (C=O) groups excluding carboxylic acids is 1. The van der Waals surface area contributed by atoms with Crippen molar-refractivity contribution >= 4 is 17.3 Å². The Morgan fingerprint density at radius 3 is 2.60 bits per heavy atom. The number of carbonyl (C=O) groups is 1. The maximum Gasteiger partial charge on any atom is 0.231 e. The highest BCUT2D eigenvalue weighted by atomic mass is 16.7. The number of nitrogen functional groups attached to an aromatic ring is 1. The zero-order valence-electron chi connectivity index (χ0n) is 12.3. The number of rotatable bonds is 4. The first kappa shape index (κ1) is 14.5. The normalized spacial score (nSPS) is 13.3. The van der Waals surface area contributed by atoms with Crippen LogP contribution >= 0.6 is 0 Å². The third-order valence-corrected chi connectivity index (χ3v) is 3.15. The number of amides is 1. The smallest absolute Gasteiger partial charge is 0.231 e. The molecular weight excluding hydrogens is 256 g/mol. The Hall–Kier alpha value is -1.91. The Morgan fingerprint density at radius 1 is 1.30 bits per heavy atom. The highest BCUT2D eigenvalue weighted by molar-refractivity contribution is 5.94. The molecule has 20 heavy (non-hydrogen) atoms. The van der Waals surface area contributed by atoms with Gasteiger partial charge in [0.05, 0.1) is 11.4 Å². The second-order valence-corrected chi connectivity index (χ2v) is 6.26. The number of ether oxygens (including phenoxy) is 2. The molecule has 0 saturated heterocycles. The number of anilines is 2. The molecular formula is C15H22N2O3. The summed E-state index contributed by atoms with van der Waals surface area (Å²) in [6.45, 7) is 6.69. The van der Waals surface area contributed by atoms with Crippen LogP contribution in [0.4, 0.5) is 11.4 Å². The molecule has 0 spiro atoms. The van der Waals surface area contributed by atoms with Crippen molar-refractivity contribution in [3.05, 3.63) is 12.1 Å². The molecule has 5 nitrogen and oxygen atoms in total. The summed E-state index contributed by atoms with van der Waals surface area (Å²) >= 11 is 0. The average molecular weight is 278 g/mol. The number of hydrogen-bond donors (Lipinski definition) is 2. The van der Waals surface area contributed by atoms with E-state index in [1.165, 1.54) is 0 Å². The van der Waals surface area contributed by atoms with Gasteiger partial charge in [0.25, 0.3) is 0 Å². The van der Waals surface area contributed by atoms with Gasteiger partial charge in [-0.1, -0.05) is 20.8 Å². The van der Waals surface area contributed by atoms with Gasteiger partial charge in [0, 0.05) is 18.6 Å². The van der Waals surface area contributed by atoms with Gasteiger partial charge < -0.3 is 20.5 Å². The lowest BCUT2D eigenvalue weighted by molar-refractivity contribution is -0.116. The fourth-order valence-electron chi connectivity index (χ4n) is 2.06. The number of benzene rings is 1. The van der Waals surface area contributed by atoms with Crippen molar-refractivity contribution in [1.82, 2.24) is 0 Å². The molecule has 0 saturated carbocycles. The standard InChI is InChI=1S/C15H22N2O3/c1-15(2,3)6-4-5-14(18)17-11-8-13-12(7-10(11)16)19-9-20-13/h7-8H,4-6,9,16H2,1-3H3,(H,17,18). The lowest BCUT2D eigenvalue weighted by Gasteiger charge is -2.17. The Kier molecular flexibility index (Phi) is 4.06. The first-order chi connectivity index (χ1) is 9.35. The summed E-state index contributed by atoms with van der Waals surface area (Å²) in [5.74, 6) is 1.21. The summed E-state index contributed by atoms with van der Waals surface area (Å²) in [6.07, 6.45) is 2.36. The average Bonchev–Trinajstić information content (AvgIpc) is 2.74. The van der Waals surface area contributed by atoms with E-state index in [2.05, 4.69) is 26.1 Å². The predicted molar refractivity (Wildman–Crippen MR) is 78.9 cm³/mol. The van der Waals surface area contributed by atoms with Crippen LogP contribution in [0.25, 0.3) is 0 Å². The molecule has 1 aromatic carbocycles. The van der Waals surface area contributed by atoms with Crippen molar-refractivity contribution in [1.29, 1.82) is 0 Å². The summed E-state index contributed by atoms with van der Waals surface area (Å²) < 4.78 is 10.5. The largest absolute Gasteiger partial charge is 0.454 e. The zero-order chi connectivity index (χ0) is 14.8. The fourth-order valence-corrected chi connectivity index (χ4v) is 2.06. The summed E-state index contributed by atoms with van der Waals surface area (Å²) in [6, 6.07) is 3.38. The lowest BCUT2D eigenvalue weighted by Crippen LogP contribution is -2.14. The van der Waals surface area contributed by atoms with Crippen molar-refractivity contribution in [3.63, 3.8) is 0 Å². The molecule has 1 amide bonds. The molecule has 0 aromatic heterocycles. The number of hydrogen-bond acceptors (Lipinski definition) is 4. The van der Waals surface area contributed by atoms with Crippen LogP contribution in [-0.4, -0.2) is 12.7 Å². The highest BCUT2D eigenvalue weighted by Gasteiger charge is 2.17. The van der Waals surface area contributed by atoms with Crippen molar-refractivity contribution in [2.45, 2.75) is 40.0 Å². The first-order valence-corrected chi connectivity index (χ1v) is 6.84. The topological polar surface area (TPSA) is 73.6 Å². The summed E-state index contributed by atoms with van der Waals surface area (Å²) in [4.78, 5) is 11.9. The van der Waals surface area contributed by atoms with Crippen LogP contribution in [0, 0.1) is 5.41 Å². The molecule has 0 unspecified atom stereocenters. The second kappa shape index (κ2) is 5.61. The summed E-state index contributed by atoms with van der Waals surface area (Å²) in [5, 5.41) is 2.83. The molecule has 1 aliphatic heterocycles. The Bertz CT molecular complexity index is 507. The molecule has 1 heterocycles. The van der Waals surface area contributed by atoms with Crippen LogP contribution in [0.1, 0.15) is 40.0 Å². The molecule has 1 aromatic rings. The molecule has 0 fully saturated rings. The highest BCUT2D eigenvalue weighted by Crippen LogP contribution is 2.38. The number of nitrogens with two attached hydrogens (primary N) is 1. The van der Waals surface area contributed by atoms with Crippen LogP contribution in [-0.2, 0) is 4.79 Å². The van der Waals surface area contributed by atoms with Crippen LogP contribution in [0.15, 0.2) is 12.1 Å². The first-order valence-electron chi connectivity index (χ1n) is 6.84. The number of fused-ring (bicyclic) bond motifs is 1.